The maximum atomic E-state index is 5.95. The molecule has 0 spiro atoms. The third-order valence-corrected chi connectivity index (χ3v) is 2.59. The Labute approximate surface area is 99.6 Å². The lowest BCUT2D eigenvalue weighted by atomic mass is 10.2. The number of para-hydroxylation sites is 1. The Hall–Kier alpha value is -1.67. The van der Waals surface area contributed by atoms with E-state index in [0.717, 1.165) is 17.1 Å². The van der Waals surface area contributed by atoms with Crippen LogP contribution in [0.2, 0.25) is 5.02 Å². The summed E-state index contributed by atoms with van der Waals surface area (Å²) in [5.41, 5.74) is 7.23. The van der Waals surface area contributed by atoms with E-state index in [1.807, 2.05) is 37.3 Å². The third-order valence-electron chi connectivity index (χ3n) is 2.27. The van der Waals surface area contributed by atoms with Crippen molar-refractivity contribution >= 4 is 17.3 Å². The van der Waals surface area contributed by atoms with Crippen LogP contribution in [-0.2, 0) is 0 Å². The lowest BCUT2D eigenvalue weighted by Crippen LogP contribution is -1.92. The summed E-state index contributed by atoms with van der Waals surface area (Å²) in [6.45, 7) is 1.94. The van der Waals surface area contributed by atoms with Crippen LogP contribution in [0, 0.1) is 6.92 Å². The standard InChI is InChI=1S/C13H12ClNO/c1-9-7-12(15)11(14)8-13(9)16-10-5-3-2-4-6-10/h2-8H,15H2,1H3. The van der Waals surface area contributed by atoms with E-state index in [4.69, 9.17) is 22.1 Å². The number of halogens is 1. The summed E-state index contributed by atoms with van der Waals surface area (Å²) in [4.78, 5) is 0. The molecule has 3 heteroatoms. The molecule has 0 amide bonds. The van der Waals surface area contributed by atoms with Crippen molar-refractivity contribution in [3.8, 4) is 11.5 Å². The van der Waals surface area contributed by atoms with Gasteiger partial charge in [-0.05, 0) is 30.7 Å². The Bertz CT molecular complexity index is 497. The smallest absolute Gasteiger partial charge is 0.131 e. The van der Waals surface area contributed by atoms with Crippen LogP contribution in [0.4, 0.5) is 5.69 Å². The Kier molecular flexibility index (Phi) is 3.02. The highest BCUT2D eigenvalue weighted by molar-refractivity contribution is 6.33. The number of hydrogen-bond donors (Lipinski definition) is 1. The second-order valence-corrected chi connectivity index (χ2v) is 3.96. The Balaban J connectivity index is 2.32. The van der Waals surface area contributed by atoms with Crippen LogP contribution < -0.4 is 10.5 Å². The molecule has 2 aromatic rings. The van der Waals surface area contributed by atoms with Gasteiger partial charge in [0, 0.05) is 6.07 Å². The zero-order valence-corrected chi connectivity index (χ0v) is 9.66. The van der Waals surface area contributed by atoms with Crippen molar-refractivity contribution in [2.45, 2.75) is 6.92 Å². The average Bonchev–Trinajstić information content (AvgIpc) is 2.27. The van der Waals surface area contributed by atoms with Crippen molar-refractivity contribution in [2.24, 2.45) is 0 Å². The molecule has 0 aliphatic heterocycles. The largest absolute Gasteiger partial charge is 0.457 e. The van der Waals surface area contributed by atoms with Crippen LogP contribution >= 0.6 is 11.6 Å². The molecule has 0 heterocycles. The molecule has 0 fully saturated rings. The van der Waals surface area contributed by atoms with E-state index in [2.05, 4.69) is 0 Å². The second kappa shape index (κ2) is 4.45. The Morgan fingerprint density at radius 3 is 2.50 bits per heavy atom. The number of ether oxygens (including phenoxy) is 1. The van der Waals surface area contributed by atoms with Gasteiger partial charge >= 0.3 is 0 Å². The molecule has 16 heavy (non-hydrogen) atoms. The molecule has 2 aromatic carbocycles. The van der Waals surface area contributed by atoms with E-state index >= 15 is 0 Å². The highest BCUT2D eigenvalue weighted by Crippen LogP contribution is 2.31. The summed E-state index contributed by atoms with van der Waals surface area (Å²) in [7, 11) is 0. The number of hydrogen-bond acceptors (Lipinski definition) is 2. The number of anilines is 1. The van der Waals surface area contributed by atoms with Crippen molar-refractivity contribution in [1.29, 1.82) is 0 Å². The highest BCUT2D eigenvalue weighted by Gasteiger charge is 2.05. The summed E-state index contributed by atoms with van der Waals surface area (Å²) in [5.74, 6) is 1.51. The number of nitrogens with two attached hydrogens (primary N) is 1. The molecule has 2 rings (SSSR count). The summed E-state index contributed by atoms with van der Waals surface area (Å²) in [5, 5.41) is 0.511. The first-order valence-electron chi connectivity index (χ1n) is 4.95. The second-order valence-electron chi connectivity index (χ2n) is 3.55. The predicted molar refractivity (Wildman–Crippen MR) is 67.1 cm³/mol. The average molecular weight is 234 g/mol. The molecule has 0 aliphatic rings. The first kappa shape index (κ1) is 10.8. The van der Waals surface area contributed by atoms with E-state index in [1.165, 1.54) is 0 Å². The van der Waals surface area contributed by atoms with Gasteiger partial charge in [0.05, 0.1) is 10.7 Å². The first-order valence-corrected chi connectivity index (χ1v) is 5.33. The lowest BCUT2D eigenvalue weighted by Gasteiger charge is -2.10. The third kappa shape index (κ3) is 2.28. The van der Waals surface area contributed by atoms with Gasteiger partial charge in [-0.25, -0.2) is 0 Å². The molecule has 2 N–H and O–H groups in total. The van der Waals surface area contributed by atoms with Gasteiger partial charge in [0.15, 0.2) is 0 Å². The summed E-state index contributed by atoms with van der Waals surface area (Å²) < 4.78 is 5.70. The van der Waals surface area contributed by atoms with Crippen molar-refractivity contribution < 1.29 is 4.74 Å². The van der Waals surface area contributed by atoms with Crippen LogP contribution in [0.25, 0.3) is 0 Å². The topological polar surface area (TPSA) is 35.2 Å². The van der Waals surface area contributed by atoms with Crippen LogP contribution in [0.5, 0.6) is 11.5 Å². The van der Waals surface area contributed by atoms with Crippen molar-refractivity contribution in [1.82, 2.24) is 0 Å². The number of rotatable bonds is 2. The zero-order chi connectivity index (χ0) is 11.5. The molecule has 0 radical (unpaired) electrons. The molecule has 0 atom stereocenters. The van der Waals surface area contributed by atoms with Gasteiger partial charge in [-0.1, -0.05) is 29.8 Å². The predicted octanol–water partition coefficient (Wildman–Crippen LogP) is 4.02. The maximum absolute atomic E-state index is 5.95. The fraction of sp³-hybridized carbons (Fsp3) is 0.0769. The first-order chi connectivity index (χ1) is 7.66. The van der Waals surface area contributed by atoms with Crippen LogP contribution in [0.3, 0.4) is 0 Å². The Morgan fingerprint density at radius 2 is 1.81 bits per heavy atom. The normalized spacial score (nSPS) is 10.1. The monoisotopic (exact) mass is 233 g/mol. The number of aryl methyl sites for hydroxylation is 1. The molecule has 0 saturated carbocycles. The number of nitrogen functional groups attached to an aromatic ring is 1. The van der Waals surface area contributed by atoms with Crippen molar-refractivity contribution in [2.75, 3.05) is 5.73 Å². The van der Waals surface area contributed by atoms with Gasteiger partial charge in [-0.2, -0.15) is 0 Å². The molecule has 82 valence electrons. The van der Waals surface area contributed by atoms with Crippen LogP contribution in [0.1, 0.15) is 5.56 Å². The highest BCUT2D eigenvalue weighted by atomic mass is 35.5. The summed E-state index contributed by atoms with van der Waals surface area (Å²) >= 11 is 5.95. The van der Waals surface area contributed by atoms with E-state index in [1.54, 1.807) is 12.1 Å². The van der Waals surface area contributed by atoms with Gasteiger partial charge in [0.2, 0.25) is 0 Å². The molecule has 0 bridgehead atoms. The summed E-state index contributed by atoms with van der Waals surface area (Å²) in [6.07, 6.45) is 0. The maximum Gasteiger partial charge on any atom is 0.131 e. The van der Waals surface area contributed by atoms with Crippen molar-refractivity contribution in [3.63, 3.8) is 0 Å². The minimum atomic E-state index is 0.511. The van der Waals surface area contributed by atoms with Gasteiger partial charge < -0.3 is 10.5 Å². The van der Waals surface area contributed by atoms with E-state index in [9.17, 15) is 0 Å². The quantitative estimate of drug-likeness (QED) is 0.795. The zero-order valence-electron chi connectivity index (χ0n) is 8.91. The molecule has 0 aliphatic carbocycles. The SMILES string of the molecule is Cc1cc(N)c(Cl)cc1Oc1ccccc1. The summed E-state index contributed by atoms with van der Waals surface area (Å²) in [6, 6.07) is 13.1. The van der Waals surface area contributed by atoms with Gasteiger partial charge in [-0.3, -0.25) is 0 Å². The lowest BCUT2D eigenvalue weighted by molar-refractivity contribution is 0.479. The van der Waals surface area contributed by atoms with Crippen LogP contribution in [-0.4, -0.2) is 0 Å². The molecule has 2 nitrogen and oxygen atoms in total. The minimum absolute atomic E-state index is 0.511. The van der Waals surface area contributed by atoms with Crippen LogP contribution in [0.15, 0.2) is 42.5 Å². The van der Waals surface area contributed by atoms with Gasteiger partial charge in [0.1, 0.15) is 11.5 Å². The minimum Gasteiger partial charge on any atom is -0.457 e. The molecule has 0 saturated heterocycles. The fourth-order valence-electron chi connectivity index (χ4n) is 1.41. The molecular formula is C13H12ClNO. The van der Waals surface area contributed by atoms with E-state index in [-0.39, 0.29) is 0 Å². The Morgan fingerprint density at radius 1 is 1.12 bits per heavy atom. The van der Waals surface area contributed by atoms with E-state index < -0.39 is 0 Å². The number of benzene rings is 2. The fourth-order valence-corrected chi connectivity index (χ4v) is 1.56. The van der Waals surface area contributed by atoms with E-state index in [0.29, 0.717) is 10.7 Å². The molecule has 0 unspecified atom stereocenters. The van der Waals surface area contributed by atoms with Gasteiger partial charge in [-0.15, -0.1) is 0 Å². The van der Waals surface area contributed by atoms with Gasteiger partial charge in [0.25, 0.3) is 0 Å². The molecule has 0 aromatic heterocycles. The molecular weight excluding hydrogens is 222 g/mol. The van der Waals surface area contributed by atoms with Crippen molar-refractivity contribution in [3.05, 3.63) is 53.1 Å².